The summed E-state index contributed by atoms with van der Waals surface area (Å²) in [4.78, 5) is 24.8. The molecule has 0 aliphatic heterocycles. The molecule has 2 aromatic carbocycles. The molecule has 2 amide bonds. The van der Waals surface area contributed by atoms with Gasteiger partial charge in [0.2, 0.25) is 0 Å². The molecule has 30 heavy (non-hydrogen) atoms. The van der Waals surface area contributed by atoms with E-state index in [9.17, 15) is 9.59 Å². The summed E-state index contributed by atoms with van der Waals surface area (Å²) in [7, 11) is 0. The summed E-state index contributed by atoms with van der Waals surface area (Å²) in [5.74, 6) is -0.0952. The monoisotopic (exact) mass is 503 g/mol. The first-order valence-corrected chi connectivity index (χ1v) is 11.0. The fourth-order valence-electron chi connectivity index (χ4n) is 2.47. The number of halogens is 1. The summed E-state index contributed by atoms with van der Waals surface area (Å²) in [6.45, 7) is 0.520. The van der Waals surface area contributed by atoms with Crippen LogP contribution in [0, 0.1) is 0 Å². The van der Waals surface area contributed by atoms with Crippen molar-refractivity contribution in [2.75, 3.05) is 6.61 Å². The third-order valence-electron chi connectivity index (χ3n) is 3.95. The molecule has 1 aromatic heterocycles. The number of amides is 2. The Morgan fingerprint density at radius 3 is 2.50 bits per heavy atom. The van der Waals surface area contributed by atoms with E-state index in [4.69, 9.17) is 17.0 Å². The molecule has 1 heterocycles. The number of thiophene rings is 1. The van der Waals surface area contributed by atoms with Crippen LogP contribution in [-0.2, 0) is 6.42 Å². The predicted molar refractivity (Wildman–Crippen MR) is 125 cm³/mol. The molecule has 154 valence electrons. The van der Waals surface area contributed by atoms with Gasteiger partial charge in [-0.25, -0.2) is 0 Å². The summed E-state index contributed by atoms with van der Waals surface area (Å²) in [6.07, 6.45) is 0.784. The molecule has 3 rings (SSSR count). The van der Waals surface area contributed by atoms with E-state index in [1.807, 2.05) is 30.3 Å². The van der Waals surface area contributed by atoms with Gasteiger partial charge in [0.25, 0.3) is 11.8 Å². The molecule has 0 unspecified atom stereocenters. The Labute approximate surface area is 191 Å². The van der Waals surface area contributed by atoms with Crippen LogP contribution < -0.4 is 20.9 Å². The minimum Gasteiger partial charge on any atom is -0.492 e. The van der Waals surface area contributed by atoms with Crippen molar-refractivity contribution in [3.63, 3.8) is 0 Å². The van der Waals surface area contributed by atoms with Crippen molar-refractivity contribution >= 4 is 56.4 Å². The molecule has 0 saturated heterocycles. The second-order valence-corrected chi connectivity index (χ2v) is 8.28. The van der Waals surface area contributed by atoms with E-state index in [1.165, 1.54) is 16.9 Å². The highest BCUT2D eigenvalue weighted by Crippen LogP contribution is 2.26. The third kappa shape index (κ3) is 6.38. The molecular formula is C21H18BrN3O3S2. The number of thiocarbonyl (C=S) groups is 1. The van der Waals surface area contributed by atoms with Crippen LogP contribution in [0.1, 0.15) is 25.6 Å². The quantitative estimate of drug-likeness (QED) is 0.348. The predicted octanol–water partition coefficient (Wildman–Crippen LogP) is 4.08. The van der Waals surface area contributed by atoms with Gasteiger partial charge in [0.05, 0.1) is 16.0 Å². The van der Waals surface area contributed by atoms with E-state index in [2.05, 4.69) is 32.1 Å². The molecule has 0 radical (unpaired) electrons. The van der Waals surface area contributed by atoms with Crippen molar-refractivity contribution in [3.05, 3.63) is 86.5 Å². The van der Waals surface area contributed by atoms with Crippen LogP contribution in [0.2, 0.25) is 0 Å². The highest BCUT2D eigenvalue weighted by atomic mass is 79.9. The van der Waals surface area contributed by atoms with Gasteiger partial charge in [-0.3, -0.25) is 25.8 Å². The van der Waals surface area contributed by atoms with E-state index >= 15 is 0 Å². The number of hydrazine groups is 1. The first-order valence-electron chi connectivity index (χ1n) is 8.94. The maximum absolute atomic E-state index is 12.4. The molecule has 0 aliphatic rings. The molecule has 0 saturated carbocycles. The van der Waals surface area contributed by atoms with Gasteiger partial charge < -0.3 is 4.74 Å². The summed E-state index contributed by atoms with van der Waals surface area (Å²) < 4.78 is 6.45. The Kier molecular flexibility index (Phi) is 7.95. The lowest BCUT2D eigenvalue weighted by Gasteiger charge is -2.12. The maximum atomic E-state index is 12.4. The topological polar surface area (TPSA) is 79.5 Å². The molecule has 9 heteroatoms. The van der Waals surface area contributed by atoms with Crippen molar-refractivity contribution < 1.29 is 14.3 Å². The van der Waals surface area contributed by atoms with Crippen molar-refractivity contribution in [2.45, 2.75) is 6.42 Å². The molecule has 0 atom stereocenters. The first kappa shape index (κ1) is 21.9. The Morgan fingerprint density at radius 2 is 1.80 bits per heavy atom. The average molecular weight is 504 g/mol. The molecule has 6 nitrogen and oxygen atoms in total. The fraction of sp³-hybridized carbons (Fsp3) is 0.0952. The molecule has 3 aromatic rings. The lowest BCUT2D eigenvalue weighted by atomic mass is 10.2. The van der Waals surface area contributed by atoms with Gasteiger partial charge in [-0.1, -0.05) is 36.4 Å². The van der Waals surface area contributed by atoms with Gasteiger partial charge in [-0.2, -0.15) is 0 Å². The van der Waals surface area contributed by atoms with Crippen LogP contribution in [0.3, 0.4) is 0 Å². The summed E-state index contributed by atoms with van der Waals surface area (Å²) >= 11 is 9.78. The summed E-state index contributed by atoms with van der Waals surface area (Å²) in [5, 5.41) is 4.30. The summed E-state index contributed by atoms with van der Waals surface area (Å²) in [6, 6.07) is 18.5. The molecular weight excluding hydrogens is 486 g/mol. The maximum Gasteiger partial charge on any atom is 0.279 e. The minimum absolute atomic E-state index is 0.00998. The number of hydrogen-bond donors (Lipinski definition) is 3. The smallest absolute Gasteiger partial charge is 0.279 e. The number of carbonyl (C=O) groups excluding carboxylic acids is 2. The Bertz CT molecular complexity index is 1030. The van der Waals surface area contributed by atoms with E-state index in [1.54, 1.807) is 35.7 Å². The fourth-order valence-corrected chi connectivity index (χ4v) is 3.73. The van der Waals surface area contributed by atoms with Crippen LogP contribution in [0.25, 0.3) is 0 Å². The standard InChI is InChI=1S/C21H18BrN3O3S2/c22-16-13-15(8-9-17(16)28-11-10-14-5-2-1-3-6-14)19(26)23-21(29)25-24-20(27)18-7-4-12-30-18/h1-9,12-13H,10-11H2,(H,24,27)(H2,23,25,26,29). The van der Waals surface area contributed by atoms with Gasteiger partial charge >= 0.3 is 0 Å². The zero-order chi connectivity index (χ0) is 21.3. The zero-order valence-corrected chi connectivity index (χ0v) is 18.9. The van der Waals surface area contributed by atoms with Gasteiger partial charge in [0, 0.05) is 12.0 Å². The molecule has 3 N–H and O–H groups in total. The van der Waals surface area contributed by atoms with Gasteiger partial charge in [0.1, 0.15) is 5.75 Å². The second kappa shape index (κ2) is 10.9. The van der Waals surface area contributed by atoms with Crippen LogP contribution in [-0.4, -0.2) is 23.5 Å². The van der Waals surface area contributed by atoms with Crippen LogP contribution in [0.4, 0.5) is 0 Å². The second-order valence-electron chi connectivity index (χ2n) is 6.07. The molecule has 0 aliphatic carbocycles. The van der Waals surface area contributed by atoms with E-state index in [0.717, 1.165) is 6.42 Å². The average Bonchev–Trinajstić information content (AvgIpc) is 3.29. The SMILES string of the molecule is O=C(NC(=S)NNC(=O)c1cccs1)c1ccc(OCCc2ccccc2)c(Br)c1. The first-order chi connectivity index (χ1) is 14.5. The highest BCUT2D eigenvalue weighted by Gasteiger charge is 2.12. The lowest BCUT2D eigenvalue weighted by Crippen LogP contribution is -2.48. The van der Waals surface area contributed by atoms with Crippen molar-refractivity contribution in [3.8, 4) is 5.75 Å². The van der Waals surface area contributed by atoms with Crippen LogP contribution >= 0.6 is 39.5 Å². The van der Waals surface area contributed by atoms with E-state index in [-0.39, 0.29) is 11.0 Å². The van der Waals surface area contributed by atoms with E-state index < -0.39 is 5.91 Å². The van der Waals surface area contributed by atoms with Gasteiger partial charge in [0.15, 0.2) is 5.11 Å². The number of hydrogen-bond acceptors (Lipinski definition) is 5. The number of rotatable bonds is 6. The third-order valence-corrected chi connectivity index (χ3v) is 5.64. The number of benzene rings is 2. The number of carbonyl (C=O) groups is 2. The van der Waals surface area contributed by atoms with Gasteiger partial charge in [-0.15, -0.1) is 11.3 Å². The Hall–Kier alpha value is -2.75. The lowest BCUT2D eigenvalue weighted by molar-refractivity contribution is 0.0938. The highest BCUT2D eigenvalue weighted by molar-refractivity contribution is 9.10. The van der Waals surface area contributed by atoms with Crippen LogP contribution in [0.15, 0.2) is 70.5 Å². The largest absolute Gasteiger partial charge is 0.492 e. The number of nitrogens with one attached hydrogen (secondary N) is 3. The zero-order valence-electron chi connectivity index (χ0n) is 15.7. The Balaban J connectivity index is 1.48. The van der Waals surface area contributed by atoms with Crippen molar-refractivity contribution in [2.24, 2.45) is 0 Å². The van der Waals surface area contributed by atoms with Gasteiger partial charge in [-0.05, 0) is 63.4 Å². The van der Waals surface area contributed by atoms with Crippen molar-refractivity contribution in [1.82, 2.24) is 16.2 Å². The van der Waals surface area contributed by atoms with Crippen molar-refractivity contribution in [1.29, 1.82) is 0 Å². The minimum atomic E-state index is -0.408. The number of ether oxygens (including phenoxy) is 1. The molecule has 0 bridgehead atoms. The molecule has 0 fully saturated rings. The Morgan fingerprint density at radius 1 is 1.00 bits per heavy atom. The summed E-state index contributed by atoms with van der Waals surface area (Å²) in [5.41, 5.74) is 6.53. The molecule has 0 spiro atoms. The van der Waals surface area contributed by atoms with E-state index in [0.29, 0.717) is 27.3 Å². The normalized spacial score (nSPS) is 10.2. The van der Waals surface area contributed by atoms with Crippen LogP contribution in [0.5, 0.6) is 5.75 Å².